The highest BCUT2D eigenvalue weighted by atomic mass is 16.6. The first kappa shape index (κ1) is 18.1. The molecule has 7 heteroatoms. The van der Waals surface area contributed by atoms with Gasteiger partial charge in [0.1, 0.15) is 23.6 Å². The van der Waals surface area contributed by atoms with E-state index in [1.54, 1.807) is 39.0 Å². The summed E-state index contributed by atoms with van der Waals surface area (Å²) in [5, 5.41) is 22.6. The molecule has 1 aromatic carbocycles. The third-order valence-electron chi connectivity index (χ3n) is 2.80. The minimum Gasteiger partial charge on any atom is -0.496 e. The lowest BCUT2D eigenvalue weighted by Gasteiger charge is -2.23. The largest absolute Gasteiger partial charge is 0.496 e. The van der Waals surface area contributed by atoms with Crippen LogP contribution < -0.4 is 15.8 Å². The van der Waals surface area contributed by atoms with Crippen LogP contribution in [0.2, 0.25) is 0 Å². The van der Waals surface area contributed by atoms with Gasteiger partial charge in [-0.3, -0.25) is 0 Å². The number of methoxy groups -OCH3 is 1. The molecular formula is C15H24N2O5. The topological polar surface area (TPSA) is 114 Å². The Balaban J connectivity index is 2.66. The predicted molar refractivity (Wildman–Crippen MR) is 82.6 cm³/mol. The molecule has 2 atom stereocenters. The average molecular weight is 312 g/mol. The minimum absolute atomic E-state index is 0.163. The molecule has 0 aliphatic carbocycles. The molecule has 1 aromatic rings. The zero-order valence-corrected chi connectivity index (χ0v) is 13.3. The molecule has 2 unspecified atom stereocenters. The molecule has 0 saturated heterocycles. The van der Waals surface area contributed by atoms with Crippen LogP contribution in [-0.4, -0.2) is 41.7 Å². The maximum atomic E-state index is 11.5. The number of hydrogen-bond donors (Lipinski definition) is 4. The Morgan fingerprint density at radius 1 is 1.36 bits per heavy atom. The fourth-order valence-corrected chi connectivity index (χ4v) is 1.79. The molecule has 0 aromatic heterocycles. The van der Waals surface area contributed by atoms with E-state index in [1.165, 1.54) is 7.11 Å². The predicted octanol–water partition coefficient (Wildman–Crippen LogP) is 1.20. The van der Waals surface area contributed by atoms with Crippen LogP contribution in [0.3, 0.4) is 0 Å². The maximum Gasteiger partial charge on any atom is 0.407 e. The van der Waals surface area contributed by atoms with Gasteiger partial charge >= 0.3 is 6.09 Å². The summed E-state index contributed by atoms with van der Waals surface area (Å²) in [6.45, 7) is 5.04. The van der Waals surface area contributed by atoms with E-state index in [9.17, 15) is 15.0 Å². The number of carbonyl (C=O) groups excluding carboxylic acids is 1. The average Bonchev–Trinajstić information content (AvgIpc) is 2.42. The zero-order chi connectivity index (χ0) is 16.9. The molecular weight excluding hydrogens is 288 g/mol. The van der Waals surface area contributed by atoms with E-state index in [-0.39, 0.29) is 6.54 Å². The molecule has 0 aliphatic heterocycles. The number of anilines is 1. The lowest BCUT2D eigenvalue weighted by atomic mass is 10.0. The summed E-state index contributed by atoms with van der Waals surface area (Å²) in [5.41, 5.74) is 5.87. The third-order valence-corrected chi connectivity index (χ3v) is 2.80. The molecule has 0 spiro atoms. The summed E-state index contributed by atoms with van der Waals surface area (Å²) < 4.78 is 10.2. The van der Waals surface area contributed by atoms with E-state index in [4.69, 9.17) is 15.2 Å². The second kappa shape index (κ2) is 7.33. The molecule has 1 amide bonds. The van der Waals surface area contributed by atoms with Crippen molar-refractivity contribution >= 4 is 11.8 Å². The molecule has 0 saturated carbocycles. The molecule has 22 heavy (non-hydrogen) atoms. The first-order valence-corrected chi connectivity index (χ1v) is 6.90. The number of carbonyl (C=O) groups is 1. The third kappa shape index (κ3) is 5.42. The molecule has 7 nitrogen and oxygen atoms in total. The van der Waals surface area contributed by atoms with Crippen LogP contribution in [0.4, 0.5) is 10.5 Å². The van der Waals surface area contributed by atoms with Gasteiger partial charge < -0.3 is 30.7 Å². The van der Waals surface area contributed by atoms with Gasteiger partial charge in [0.15, 0.2) is 0 Å². The van der Waals surface area contributed by atoms with Crippen molar-refractivity contribution < 1.29 is 24.5 Å². The highest BCUT2D eigenvalue weighted by Crippen LogP contribution is 2.29. The van der Waals surface area contributed by atoms with Crippen molar-refractivity contribution in [3.05, 3.63) is 23.8 Å². The first-order chi connectivity index (χ1) is 10.1. The smallest absolute Gasteiger partial charge is 0.407 e. The molecule has 0 heterocycles. The number of rotatable bonds is 5. The van der Waals surface area contributed by atoms with E-state index in [0.717, 1.165) is 0 Å². The van der Waals surface area contributed by atoms with Crippen molar-refractivity contribution in [3.63, 3.8) is 0 Å². The van der Waals surface area contributed by atoms with Crippen LogP contribution in [0.1, 0.15) is 32.4 Å². The summed E-state index contributed by atoms with van der Waals surface area (Å²) in [6.07, 6.45) is -3.11. The number of benzene rings is 1. The first-order valence-electron chi connectivity index (χ1n) is 6.90. The number of amides is 1. The van der Waals surface area contributed by atoms with Crippen LogP contribution in [0, 0.1) is 0 Å². The highest BCUT2D eigenvalue weighted by molar-refractivity contribution is 5.67. The van der Waals surface area contributed by atoms with Crippen LogP contribution >= 0.6 is 0 Å². The van der Waals surface area contributed by atoms with Gasteiger partial charge in [-0.15, -0.1) is 0 Å². The monoisotopic (exact) mass is 312 g/mol. The van der Waals surface area contributed by atoms with Crippen molar-refractivity contribution in [1.82, 2.24) is 5.32 Å². The molecule has 5 N–H and O–H groups in total. The summed E-state index contributed by atoms with van der Waals surface area (Å²) in [4.78, 5) is 11.5. The Bertz CT molecular complexity index is 513. The Morgan fingerprint density at radius 2 is 2.00 bits per heavy atom. The van der Waals surface area contributed by atoms with E-state index in [1.807, 2.05) is 0 Å². The van der Waals surface area contributed by atoms with Gasteiger partial charge in [0.25, 0.3) is 0 Å². The number of aliphatic hydroxyl groups is 2. The van der Waals surface area contributed by atoms with Gasteiger partial charge in [-0.25, -0.2) is 4.79 Å². The Labute approximate surface area is 130 Å². The Morgan fingerprint density at radius 3 is 2.55 bits per heavy atom. The van der Waals surface area contributed by atoms with Gasteiger partial charge in [0, 0.05) is 23.9 Å². The van der Waals surface area contributed by atoms with Crippen LogP contribution in [0.5, 0.6) is 5.75 Å². The fraction of sp³-hybridized carbons (Fsp3) is 0.533. The number of nitrogen functional groups attached to an aromatic ring is 1. The summed E-state index contributed by atoms with van der Waals surface area (Å²) in [6, 6.07) is 4.71. The van der Waals surface area contributed by atoms with E-state index < -0.39 is 23.9 Å². The van der Waals surface area contributed by atoms with Gasteiger partial charge in [-0.2, -0.15) is 0 Å². The van der Waals surface area contributed by atoms with Gasteiger partial charge in [0.05, 0.1) is 7.11 Å². The highest BCUT2D eigenvalue weighted by Gasteiger charge is 2.23. The maximum absolute atomic E-state index is 11.5. The van der Waals surface area contributed by atoms with Crippen molar-refractivity contribution in [2.45, 2.75) is 38.6 Å². The number of ether oxygens (including phenoxy) is 2. The number of alkyl carbamates (subject to hydrolysis) is 1. The molecule has 0 bridgehead atoms. The SMILES string of the molecule is COc1cc(N)ccc1C(O)C(O)CNC(=O)OC(C)(C)C. The Kier molecular flexibility index (Phi) is 6.01. The number of nitrogens with two attached hydrogens (primary N) is 1. The fourth-order valence-electron chi connectivity index (χ4n) is 1.79. The van der Waals surface area contributed by atoms with Crippen molar-refractivity contribution in [2.75, 3.05) is 19.4 Å². The van der Waals surface area contributed by atoms with Crippen molar-refractivity contribution in [3.8, 4) is 5.75 Å². The summed E-state index contributed by atoms with van der Waals surface area (Å²) >= 11 is 0. The molecule has 0 fully saturated rings. The number of hydrogen-bond acceptors (Lipinski definition) is 6. The quantitative estimate of drug-likeness (QED) is 0.607. The van der Waals surface area contributed by atoms with Crippen LogP contribution in [0.25, 0.3) is 0 Å². The van der Waals surface area contributed by atoms with Crippen LogP contribution in [0.15, 0.2) is 18.2 Å². The summed E-state index contributed by atoms with van der Waals surface area (Å²) in [7, 11) is 1.44. The van der Waals surface area contributed by atoms with Gasteiger partial charge in [-0.1, -0.05) is 6.07 Å². The van der Waals surface area contributed by atoms with Gasteiger partial charge in [0.2, 0.25) is 0 Å². The van der Waals surface area contributed by atoms with Gasteiger partial charge in [-0.05, 0) is 26.8 Å². The molecule has 124 valence electrons. The van der Waals surface area contributed by atoms with Crippen LogP contribution in [-0.2, 0) is 4.74 Å². The minimum atomic E-state index is -1.23. The second-order valence-electron chi connectivity index (χ2n) is 5.90. The van der Waals surface area contributed by atoms with Crippen molar-refractivity contribution in [2.24, 2.45) is 0 Å². The van der Waals surface area contributed by atoms with E-state index >= 15 is 0 Å². The lowest BCUT2D eigenvalue weighted by molar-refractivity contribution is 0.0119. The molecule has 0 aliphatic rings. The second-order valence-corrected chi connectivity index (χ2v) is 5.90. The van der Waals surface area contributed by atoms with E-state index in [0.29, 0.717) is 17.0 Å². The Hall–Kier alpha value is -1.99. The zero-order valence-electron chi connectivity index (χ0n) is 13.3. The summed E-state index contributed by atoms with van der Waals surface area (Å²) in [5.74, 6) is 0.365. The molecule has 0 radical (unpaired) electrons. The van der Waals surface area contributed by atoms with Crippen molar-refractivity contribution in [1.29, 1.82) is 0 Å². The standard InChI is InChI=1S/C15H24N2O5/c1-15(2,3)22-14(20)17-8-11(18)13(19)10-6-5-9(16)7-12(10)21-4/h5-7,11,13,18-19H,8,16H2,1-4H3,(H,17,20). The van der Waals surface area contributed by atoms with E-state index in [2.05, 4.69) is 5.32 Å². The number of nitrogens with one attached hydrogen (secondary N) is 1. The molecule has 1 rings (SSSR count). The lowest BCUT2D eigenvalue weighted by Crippen LogP contribution is -2.38. The number of aliphatic hydroxyl groups excluding tert-OH is 2. The normalized spacial score (nSPS) is 14.1.